The molecule has 126 valence electrons. The third-order valence-corrected chi connectivity index (χ3v) is 4.05. The van der Waals surface area contributed by atoms with Gasteiger partial charge in [0.1, 0.15) is 0 Å². The first-order valence-electron chi connectivity index (χ1n) is 7.95. The Morgan fingerprint density at radius 3 is 2.04 bits per heavy atom. The predicted molar refractivity (Wildman–Crippen MR) is 101 cm³/mol. The minimum Gasteiger partial charge on any atom is -0.326 e. The van der Waals surface area contributed by atoms with Gasteiger partial charge in [-0.3, -0.25) is 9.59 Å². The Hall–Kier alpha value is -2.14. The van der Waals surface area contributed by atoms with Crippen molar-refractivity contribution >= 4 is 39.1 Å². The fourth-order valence-corrected chi connectivity index (χ4v) is 2.59. The molecular weight excluding hydrogens is 368 g/mol. The minimum atomic E-state index is -0.113. The van der Waals surface area contributed by atoms with Gasteiger partial charge in [-0.25, -0.2) is 0 Å². The van der Waals surface area contributed by atoms with Crippen molar-refractivity contribution in [2.75, 3.05) is 10.6 Å². The molecule has 2 rings (SSSR count). The van der Waals surface area contributed by atoms with E-state index >= 15 is 0 Å². The number of amides is 2. The van der Waals surface area contributed by atoms with Crippen LogP contribution in [0.2, 0.25) is 0 Å². The fraction of sp³-hybridized carbons (Fsp3) is 0.263. The molecule has 5 heteroatoms. The molecule has 0 aliphatic heterocycles. The first-order chi connectivity index (χ1) is 11.5. The number of rotatable bonds is 7. The van der Waals surface area contributed by atoms with Crippen molar-refractivity contribution < 1.29 is 9.59 Å². The normalized spacial score (nSPS) is 10.2. The SMILES string of the molecule is CC(=O)Nc1ccc(NC(=O)CCCCc2ccc(Br)cc2)cc1. The molecule has 2 N–H and O–H groups in total. The van der Waals surface area contributed by atoms with E-state index in [2.05, 4.69) is 38.7 Å². The van der Waals surface area contributed by atoms with E-state index in [1.54, 1.807) is 24.3 Å². The predicted octanol–water partition coefficient (Wildman–Crippen LogP) is 4.76. The number of unbranched alkanes of at least 4 members (excludes halogenated alkanes) is 1. The van der Waals surface area contributed by atoms with Gasteiger partial charge in [0, 0.05) is 29.2 Å². The maximum absolute atomic E-state index is 11.9. The number of hydrogen-bond acceptors (Lipinski definition) is 2. The van der Waals surface area contributed by atoms with Gasteiger partial charge in [0.2, 0.25) is 11.8 Å². The van der Waals surface area contributed by atoms with Gasteiger partial charge in [0.05, 0.1) is 0 Å². The van der Waals surface area contributed by atoms with Gasteiger partial charge in [-0.1, -0.05) is 28.1 Å². The standard InChI is InChI=1S/C19H21BrN2O2/c1-14(23)21-17-10-12-18(13-11-17)22-19(24)5-3-2-4-15-6-8-16(20)9-7-15/h6-13H,2-5H2,1H3,(H,21,23)(H,22,24). The van der Waals surface area contributed by atoms with Gasteiger partial charge >= 0.3 is 0 Å². The Bertz CT molecular complexity index is 682. The highest BCUT2D eigenvalue weighted by atomic mass is 79.9. The van der Waals surface area contributed by atoms with Crippen molar-refractivity contribution in [1.29, 1.82) is 0 Å². The van der Waals surface area contributed by atoms with E-state index in [0.29, 0.717) is 6.42 Å². The van der Waals surface area contributed by atoms with Crippen LogP contribution in [0.1, 0.15) is 31.7 Å². The van der Waals surface area contributed by atoms with Gasteiger partial charge in [0.15, 0.2) is 0 Å². The second kappa shape index (κ2) is 9.23. The largest absolute Gasteiger partial charge is 0.326 e. The van der Waals surface area contributed by atoms with E-state index in [0.717, 1.165) is 35.1 Å². The van der Waals surface area contributed by atoms with Crippen molar-refractivity contribution in [1.82, 2.24) is 0 Å². The molecule has 0 unspecified atom stereocenters. The molecule has 0 spiro atoms. The number of carbonyl (C=O) groups excluding carboxylic acids is 2. The van der Waals surface area contributed by atoms with Crippen LogP contribution in [0.5, 0.6) is 0 Å². The summed E-state index contributed by atoms with van der Waals surface area (Å²) in [6.07, 6.45) is 3.32. The molecule has 0 aromatic heterocycles. The lowest BCUT2D eigenvalue weighted by atomic mass is 10.1. The van der Waals surface area contributed by atoms with E-state index in [1.807, 2.05) is 12.1 Å². The third-order valence-electron chi connectivity index (χ3n) is 3.52. The van der Waals surface area contributed by atoms with Crippen LogP contribution in [0.15, 0.2) is 53.0 Å². The van der Waals surface area contributed by atoms with Gasteiger partial charge in [0.25, 0.3) is 0 Å². The Labute approximate surface area is 150 Å². The highest BCUT2D eigenvalue weighted by Crippen LogP contribution is 2.15. The Morgan fingerprint density at radius 1 is 0.875 bits per heavy atom. The first kappa shape index (κ1) is 18.2. The molecular formula is C19H21BrN2O2. The van der Waals surface area contributed by atoms with Crippen LogP contribution >= 0.6 is 15.9 Å². The second-order valence-electron chi connectivity index (χ2n) is 5.64. The maximum Gasteiger partial charge on any atom is 0.224 e. The van der Waals surface area contributed by atoms with Crippen molar-refractivity contribution in [2.24, 2.45) is 0 Å². The summed E-state index contributed by atoms with van der Waals surface area (Å²) in [6, 6.07) is 15.4. The molecule has 2 amide bonds. The van der Waals surface area contributed by atoms with Crippen LogP contribution in [0, 0.1) is 0 Å². The van der Waals surface area contributed by atoms with Crippen molar-refractivity contribution in [3.05, 3.63) is 58.6 Å². The molecule has 0 bridgehead atoms. The summed E-state index contributed by atoms with van der Waals surface area (Å²) in [7, 11) is 0. The maximum atomic E-state index is 11.9. The summed E-state index contributed by atoms with van der Waals surface area (Å²) in [6.45, 7) is 1.46. The van der Waals surface area contributed by atoms with Crippen LogP contribution in [0.25, 0.3) is 0 Å². The number of carbonyl (C=O) groups is 2. The summed E-state index contributed by atoms with van der Waals surface area (Å²) in [5, 5.41) is 5.56. The molecule has 24 heavy (non-hydrogen) atoms. The van der Waals surface area contributed by atoms with E-state index in [9.17, 15) is 9.59 Å². The van der Waals surface area contributed by atoms with E-state index in [1.165, 1.54) is 12.5 Å². The topological polar surface area (TPSA) is 58.2 Å². The molecule has 0 heterocycles. The molecule has 0 saturated carbocycles. The highest BCUT2D eigenvalue weighted by Gasteiger charge is 2.03. The molecule has 0 fully saturated rings. The second-order valence-corrected chi connectivity index (χ2v) is 6.56. The van der Waals surface area contributed by atoms with Crippen molar-refractivity contribution in [3.63, 3.8) is 0 Å². The zero-order valence-electron chi connectivity index (χ0n) is 13.6. The number of hydrogen-bond donors (Lipinski definition) is 2. The van der Waals surface area contributed by atoms with Crippen molar-refractivity contribution in [3.8, 4) is 0 Å². The molecule has 0 radical (unpaired) electrons. The zero-order chi connectivity index (χ0) is 17.4. The average Bonchev–Trinajstić information content (AvgIpc) is 2.55. The molecule has 2 aromatic rings. The number of benzene rings is 2. The van der Waals surface area contributed by atoms with Gasteiger partial charge < -0.3 is 10.6 Å². The summed E-state index contributed by atoms with van der Waals surface area (Å²) in [4.78, 5) is 22.9. The smallest absolute Gasteiger partial charge is 0.224 e. The molecule has 0 atom stereocenters. The summed E-state index contributed by atoms with van der Waals surface area (Å²) in [5.74, 6) is -0.101. The third kappa shape index (κ3) is 6.54. The van der Waals surface area contributed by atoms with Gasteiger partial charge in [-0.2, -0.15) is 0 Å². The van der Waals surface area contributed by atoms with E-state index < -0.39 is 0 Å². The lowest BCUT2D eigenvalue weighted by Crippen LogP contribution is -2.11. The van der Waals surface area contributed by atoms with Crippen LogP contribution < -0.4 is 10.6 Å². The van der Waals surface area contributed by atoms with Crippen LogP contribution in [0.4, 0.5) is 11.4 Å². The fourth-order valence-electron chi connectivity index (χ4n) is 2.33. The number of anilines is 2. The van der Waals surface area contributed by atoms with Gasteiger partial charge in [-0.05, 0) is 61.2 Å². The van der Waals surface area contributed by atoms with Crippen LogP contribution in [0.3, 0.4) is 0 Å². The number of halogens is 1. The summed E-state index contributed by atoms with van der Waals surface area (Å²) >= 11 is 3.42. The Morgan fingerprint density at radius 2 is 1.46 bits per heavy atom. The first-order valence-corrected chi connectivity index (χ1v) is 8.74. The summed E-state index contributed by atoms with van der Waals surface area (Å²) < 4.78 is 1.08. The van der Waals surface area contributed by atoms with Crippen molar-refractivity contribution in [2.45, 2.75) is 32.6 Å². The van der Waals surface area contributed by atoms with Gasteiger partial charge in [-0.15, -0.1) is 0 Å². The Kier molecular flexibility index (Phi) is 7.00. The van der Waals surface area contributed by atoms with E-state index in [4.69, 9.17) is 0 Å². The highest BCUT2D eigenvalue weighted by molar-refractivity contribution is 9.10. The quantitative estimate of drug-likeness (QED) is 0.671. The van der Waals surface area contributed by atoms with Crippen LogP contribution in [-0.2, 0) is 16.0 Å². The summed E-state index contributed by atoms with van der Waals surface area (Å²) in [5.41, 5.74) is 2.74. The molecule has 0 aliphatic carbocycles. The molecule has 4 nitrogen and oxygen atoms in total. The minimum absolute atomic E-state index is 0.0121. The molecule has 0 saturated heterocycles. The van der Waals surface area contributed by atoms with E-state index in [-0.39, 0.29) is 11.8 Å². The number of aryl methyl sites for hydroxylation is 1. The van der Waals surface area contributed by atoms with Crippen LogP contribution in [-0.4, -0.2) is 11.8 Å². The lowest BCUT2D eigenvalue weighted by Gasteiger charge is -2.07. The Balaban J connectivity index is 1.69. The monoisotopic (exact) mass is 388 g/mol. The molecule has 0 aliphatic rings. The average molecular weight is 389 g/mol. The lowest BCUT2D eigenvalue weighted by molar-refractivity contribution is -0.116. The zero-order valence-corrected chi connectivity index (χ0v) is 15.2. The molecule has 2 aromatic carbocycles. The number of nitrogens with one attached hydrogen (secondary N) is 2.